The van der Waals surface area contributed by atoms with Gasteiger partial charge in [-0.05, 0) is 60.7 Å². The van der Waals surface area contributed by atoms with Crippen molar-refractivity contribution < 1.29 is 13.9 Å². The maximum Gasteiger partial charge on any atom is 0.343 e. The molecule has 6 heteroatoms. The number of carbonyl (C=O) groups is 1. The van der Waals surface area contributed by atoms with Crippen molar-refractivity contribution in [1.29, 1.82) is 0 Å². The van der Waals surface area contributed by atoms with Crippen LogP contribution in [0.4, 0.5) is 4.39 Å². The number of halogens is 2. The van der Waals surface area contributed by atoms with E-state index in [2.05, 4.69) is 15.9 Å². The van der Waals surface area contributed by atoms with E-state index in [-0.39, 0.29) is 29.2 Å². The summed E-state index contributed by atoms with van der Waals surface area (Å²) in [4.78, 5) is 24.9. The summed E-state index contributed by atoms with van der Waals surface area (Å²) in [5.41, 5.74) is 1.11. The molecule has 0 unspecified atom stereocenters. The smallest absolute Gasteiger partial charge is 0.343 e. The molecule has 122 valence electrons. The number of carbonyl (C=O) groups excluding carboxylic acids is 1. The molecule has 1 saturated carbocycles. The fourth-order valence-corrected chi connectivity index (χ4v) is 3.39. The summed E-state index contributed by atoms with van der Waals surface area (Å²) >= 11 is 3.27. The molecule has 0 radical (unpaired) electrons. The lowest BCUT2D eigenvalue weighted by Crippen LogP contribution is -2.22. The number of aromatic nitrogens is 1. The third-order valence-electron chi connectivity index (χ3n) is 4.25. The first-order valence-corrected chi connectivity index (χ1v) is 8.37. The minimum absolute atomic E-state index is 0.0320. The molecule has 0 amide bonds. The monoisotopic (exact) mass is 381 g/mol. The van der Waals surface area contributed by atoms with E-state index in [4.69, 9.17) is 4.74 Å². The van der Waals surface area contributed by atoms with E-state index in [1.807, 2.05) is 4.57 Å². The Bertz CT molecular complexity index is 884. The highest BCUT2D eigenvalue weighted by atomic mass is 79.9. The van der Waals surface area contributed by atoms with Crippen LogP contribution in [0.3, 0.4) is 0 Å². The van der Waals surface area contributed by atoms with Crippen LogP contribution in [0, 0.1) is 19.7 Å². The van der Waals surface area contributed by atoms with Crippen LogP contribution in [0.1, 0.15) is 47.3 Å². The van der Waals surface area contributed by atoms with E-state index in [0.29, 0.717) is 15.6 Å². The number of ether oxygens (including phenoxy) is 1. The molecular weight excluding hydrogens is 365 g/mol. The third-order valence-corrected chi connectivity index (χ3v) is 5.19. The fourth-order valence-electron chi connectivity index (χ4n) is 2.90. The highest BCUT2D eigenvalue weighted by Crippen LogP contribution is 2.40. The van der Waals surface area contributed by atoms with Gasteiger partial charge in [0.05, 0.1) is 22.0 Å². The summed E-state index contributed by atoms with van der Waals surface area (Å²) in [6, 6.07) is 0.238. The number of esters is 1. The van der Waals surface area contributed by atoms with Crippen molar-refractivity contribution >= 4 is 32.8 Å². The van der Waals surface area contributed by atoms with Crippen molar-refractivity contribution in [3.63, 3.8) is 0 Å². The number of hydrogen-bond donors (Lipinski definition) is 0. The summed E-state index contributed by atoms with van der Waals surface area (Å²) in [7, 11) is 0. The predicted octanol–water partition coefficient (Wildman–Crippen LogP) is 4.03. The Morgan fingerprint density at radius 2 is 2.04 bits per heavy atom. The summed E-state index contributed by atoms with van der Waals surface area (Å²) in [6.07, 6.45) is 3.53. The molecule has 1 aromatic heterocycles. The maximum atomic E-state index is 14.4. The van der Waals surface area contributed by atoms with Crippen LogP contribution in [0.2, 0.25) is 0 Å². The van der Waals surface area contributed by atoms with E-state index in [0.717, 1.165) is 12.8 Å². The molecule has 3 rings (SSSR count). The number of hydrogen-bond acceptors (Lipinski definition) is 3. The zero-order valence-corrected chi connectivity index (χ0v) is 14.8. The lowest BCUT2D eigenvalue weighted by atomic mass is 10.0. The van der Waals surface area contributed by atoms with E-state index in [1.54, 1.807) is 27.0 Å². The molecule has 0 atom stereocenters. The summed E-state index contributed by atoms with van der Waals surface area (Å²) in [5.74, 6) is -1.12. The molecule has 0 saturated heterocycles. The van der Waals surface area contributed by atoms with Gasteiger partial charge in [0.15, 0.2) is 0 Å². The van der Waals surface area contributed by atoms with E-state index < -0.39 is 17.2 Å². The molecule has 1 aromatic carbocycles. The molecular formula is C17H17BrFNO3. The molecule has 4 nitrogen and oxygen atoms in total. The van der Waals surface area contributed by atoms with Crippen molar-refractivity contribution in [2.24, 2.45) is 0 Å². The maximum absolute atomic E-state index is 14.4. The topological polar surface area (TPSA) is 48.3 Å². The molecule has 0 spiro atoms. The first-order valence-electron chi connectivity index (χ1n) is 7.58. The van der Waals surface area contributed by atoms with Gasteiger partial charge >= 0.3 is 5.97 Å². The average molecular weight is 382 g/mol. The van der Waals surface area contributed by atoms with Crippen LogP contribution >= 0.6 is 15.9 Å². The van der Waals surface area contributed by atoms with Crippen molar-refractivity contribution in [1.82, 2.24) is 4.57 Å². The molecule has 1 fully saturated rings. The predicted molar refractivity (Wildman–Crippen MR) is 89.6 cm³/mol. The molecule has 1 heterocycles. The van der Waals surface area contributed by atoms with Gasteiger partial charge in [-0.3, -0.25) is 4.79 Å². The normalized spacial score (nSPS) is 14.3. The lowest BCUT2D eigenvalue weighted by molar-refractivity contribution is 0.0524. The van der Waals surface area contributed by atoms with E-state index in [1.165, 1.54) is 0 Å². The fraction of sp³-hybridized carbons (Fsp3) is 0.412. The Kier molecular flexibility index (Phi) is 4.04. The molecule has 0 bridgehead atoms. The number of aryl methyl sites for hydroxylation is 2. The second-order valence-electron chi connectivity index (χ2n) is 5.83. The second-order valence-corrected chi connectivity index (χ2v) is 6.63. The van der Waals surface area contributed by atoms with Crippen LogP contribution < -0.4 is 5.43 Å². The Balaban J connectivity index is 2.46. The van der Waals surface area contributed by atoms with Gasteiger partial charge in [0.2, 0.25) is 5.43 Å². The number of benzene rings is 1. The van der Waals surface area contributed by atoms with Gasteiger partial charge in [0, 0.05) is 12.2 Å². The zero-order chi connectivity index (χ0) is 16.9. The van der Waals surface area contributed by atoms with Crippen LogP contribution in [-0.2, 0) is 4.74 Å². The van der Waals surface area contributed by atoms with Gasteiger partial charge in [-0.1, -0.05) is 0 Å². The van der Waals surface area contributed by atoms with Crippen molar-refractivity contribution in [3.05, 3.63) is 43.4 Å². The molecule has 2 aromatic rings. The number of fused-ring (bicyclic) bond motifs is 1. The first kappa shape index (κ1) is 16.2. The number of pyridine rings is 1. The average Bonchev–Trinajstić information content (AvgIpc) is 3.35. The van der Waals surface area contributed by atoms with E-state index in [9.17, 15) is 14.0 Å². The van der Waals surface area contributed by atoms with Gasteiger partial charge in [-0.15, -0.1) is 0 Å². The van der Waals surface area contributed by atoms with Gasteiger partial charge in [-0.25, -0.2) is 9.18 Å². The van der Waals surface area contributed by atoms with Gasteiger partial charge in [0.1, 0.15) is 11.4 Å². The molecule has 1 aliphatic carbocycles. The molecule has 0 aliphatic heterocycles. The van der Waals surface area contributed by atoms with Gasteiger partial charge < -0.3 is 9.30 Å². The second kappa shape index (κ2) is 5.74. The largest absolute Gasteiger partial charge is 0.462 e. The Morgan fingerprint density at radius 3 is 2.61 bits per heavy atom. The highest BCUT2D eigenvalue weighted by molar-refractivity contribution is 9.10. The molecule has 23 heavy (non-hydrogen) atoms. The summed E-state index contributed by atoms with van der Waals surface area (Å²) in [5, 5.41) is 0.264. The van der Waals surface area contributed by atoms with Crippen LogP contribution in [0.25, 0.3) is 10.9 Å². The third kappa shape index (κ3) is 2.49. The van der Waals surface area contributed by atoms with Gasteiger partial charge in [-0.2, -0.15) is 0 Å². The Labute approximate surface area is 141 Å². The molecule has 0 N–H and O–H groups in total. The quantitative estimate of drug-likeness (QED) is 0.754. The number of nitrogens with zero attached hydrogens (tertiary/aromatic N) is 1. The van der Waals surface area contributed by atoms with Crippen LogP contribution in [-0.4, -0.2) is 17.1 Å². The summed E-state index contributed by atoms with van der Waals surface area (Å²) < 4.78 is 21.7. The first-order chi connectivity index (χ1) is 10.9. The highest BCUT2D eigenvalue weighted by Gasteiger charge is 2.29. The molecule has 1 aliphatic rings. The standard InChI is InChI=1S/C17H17BrFNO3/c1-4-23-17(22)11-7-20(10-5-6-10)15-9(3)13(18)14(19)8(2)12(15)16(11)21/h7,10H,4-6H2,1-3H3. The summed E-state index contributed by atoms with van der Waals surface area (Å²) in [6.45, 7) is 5.21. The minimum Gasteiger partial charge on any atom is -0.462 e. The lowest BCUT2D eigenvalue weighted by Gasteiger charge is -2.17. The zero-order valence-electron chi connectivity index (χ0n) is 13.2. The van der Waals surface area contributed by atoms with Crippen molar-refractivity contribution in [3.8, 4) is 0 Å². The SMILES string of the molecule is CCOC(=O)c1cn(C2CC2)c2c(C)c(Br)c(F)c(C)c2c1=O. The number of rotatable bonds is 3. The Morgan fingerprint density at radius 1 is 1.39 bits per heavy atom. The van der Waals surface area contributed by atoms with Crippen LogP contribution in [0.5, 0.6) is 0 Å². The van der Waals surface area contributed by atoms with Crippen molar-refractivity contribution in [2.75, 3.05) is 6.61 Å². The minimum atomic E-state index is -0.658. The van der Waals surface area contributed by atoms with Crippen LogP contribution in [0.15, 0.2) is 15.5 Å². The van der Waals surface area contributed by atoms with E-state index >= 15 is 0 Å². The van der Waals surface area contributed by atoms with Gasteiger partial charge in [0.25, 0.3) is 0 Å². The van der Waals surface area contributed by atoms with Crippen molar-refractivity contribution in [2.45, 2.75) is 39.7 Å². The Hall–Kier alpha value is -1.69.